The molecule has 0 radical (unpaired) electrons. The number of hydrogen-bond acceptors (Lipinski definition) is 3. The summed E-state index contributed by atoms with van der Waals surface area (Å²) >= 11 is 0. The zero-order valence-electron chi connectivity index (χ0n) is 8.94. The van der Waals surface area contributed by atoms with Gasteiger partial charge in [-0.05, 0) is 19.8 Å². The monoisotopic (exact) mass is 214 g/mol. The maximum Gasteiger partial charge on any atom is 0.317 e. The van der Waals surface area contributed by atoms with Gasteiger partial charge in [0.25, 0.3) is 0 Å². The van der Waals surface area contributed by atoms with Crippen LogP contribution in [-0.4, -0.2) is 41.6 Å². The fraction of sp³-hybridized carbons (Fsp3) is 0.778. The number of urea groups is 1. The standard InChI is InChI=1S/C9H18N4O2/c1-2-11-9(14)13-5-3-7(4-6-13)8(10)12-15/h7,15H,2-6H2,1H3,(H2,10,12)(H,11,14). The number of amides is 2. The normalized spacial score (nSPS) is 19.0. The van der Waals surface area contributed by atoms with Crippen molar-refractivity contribution in [3.8, 4) is 0 Å². The summed E-state index contributed by atoms with van der Waals surface area (Å²) in [4.78, 5) is 13.2. The largest absolute Gasteiger partial charge is 0.409 e. The molecule has 0 saturated carbocycles. The summed E-state index contributed by atoms with van der Waals surface area (Å²) in [6.07, 6.45) is 1.51. The highest BCUT2D eigenvalue weighted by Crippen LogP contribution is 2.16. The maximum atomic E-state index is 11.4. The molecule has 15 heavy (non-hydrogen) atoms. The van der Waals surface area contributed by atoms with E-state index in [2.05, 4.69) is 10.5 Å². The van der Waals surface area contributed by atoms with Crippen molar-refractivity contribution >= 4 is 11.9 Å². The van der Waals surface area contributed by atoms with E-state index in [1.165, 1.54) is 0 Å². The number of carbonyl (C=O) groups excluding carboxylic acids is 1. The van der Waals surface area contributed by atoms with Gasteiger partial charge >= 0.3 is 6.03 Å². The molecule has 1 rings (SSSR count). The number of hydrogen-bond donors (Lipinski definition) is 3. The molecule has 6 nitrogen and oxygen atoms in total. The fourth-order valence-electron chi connectivity index (χ4n) is 1.72. The first-order chi connectivity index (χ1) is 7.19. The van der Waals surface area contributed by atoms with Gasteiger partial charge in [-0.15, -0.1) is 0 Å². The van der Waals surface area contributed by atoms with E-state index in [-0.39, 0.29) is 17.8 Å². The Kier molecular flexibility index (Phi) is 4.20. The minimum Gasteiger partial charge on any atom is -0.409 e. The average Bonchev–Trinajstić information content (AvgIpc) is 2.28. The quantitative estimate of drug-likeness (QED) is 0.265. The van der Waals surface area contributed by atoms with Crippen LogP contribution in [0.25, 0.3) is 0 Å². The number of piperidine rings is 1. The molecular formula is C9H18N4O2. The van der Waals surface area contributed by atoms with Crippen molar-refractivity contribution < 1.29 is 10.0 Å². The molecule has 6 heteroatoms. The van der Waals surface area contributed by atoms with Gasteiger partial charge in [0.05, 0.1) is 0 Å². The molecule has 0 aliphatic carbocycles. The summed E-state index contributed by atoms with van der Waals surface area (Å²) < 4.78 is 0. The number of likely N-dealkylation sites (tertiary alicyclic amines) is 1. The van der Waals surface area contributed by atoms with Crippen molar-refractivity contribution in [2.45, 2.75) is 19.8 Å². The van der Waals surface area contributed by atoms with Crippen LogP contribution >= 0.6 is 0 Å². The van der Waals surface area contributed by atoms with Crippen molar-refractivity contribution in [1.82, 2.24) is 10.2 Å². The number of nitrogens with zero attached hydrogens (tertiary/aromatic N) is 2. The molecule has 0 bridgehead atoms. The number of amidine groups is 1. The molecule has 0 aromatic carbocycles. The highest BCUT2D eigenvalue weighted by molar-refractivity contribution is 5.82. The van der Waals surface area contributed by atoms with Crippen LogP contribution < -0.4 is 11.1 Å². The molecule has 2 amide bonds. The van der Waals surface area contributed by atoms with Crippen LogP contribution in [0.1, 0.15) is 19.8 Å². The first-order valence-electron chi connectivity index (χ1n) is 5.19. The smallest absolute Gasteiger partial charge is 0.317 e. The summed E-state index contributed by atoms with van der Waals surface area (Å²) in [7, 11) is 0. The van der Waals surface area contributed by atoms with Gasteiger partial charge in [-0.1, -0.05) is 5.16 Å². The van der Waals surface area contributed by atoms with E-state index in [4.69, 9.17) is 10.9 Å². The molecule has 0 aromatic heterocycles. The van der Waals surface area contributed by atoms with Gasteiger partial charge in [0, 0.05) is 25.6 Å². The summed E-state index contributed by atoms with van der Waals surface area (Å²) in [5, 5.41) is 14.3. The van der Waals surface area contributed by atoms with Crippen molar-refractivity contribution in [2.24, 2.45) is 16.8 Å². The van der Waals surface area contributed by atoms with Crippen LogP contribution in [-0.2, 0) is 0 Å². The van der Waals surface area contributed by atoms with Gasteiger partial charge in [-0.2, -0.15) is 0 Å². The van der Waals surface area contributed by atoms with E-state index in [1.54, 1.807) is 4.90 Å². The number of oxime groups is 1. The van der Waals surface area contributed by atoms with Crippen LogP contribution in [0, 0.1) is 5.92 Å². The Morgan fingerprint density at radius 3 is 2.67 bits per heavy atom. The lowest BCUT2D eigenvalue weighted by Crippen LogP contribution is -2.46. The molecule has 0 aromatic rings. The van der Waals surface area contributed by atoms with Crippen molar-refractivity contribution in [1.29, 1.82) is 0 Å². The first-order valence-corrected chi connectivity index (χ1v) is 5.19. The SMILES string of the molecule is CCNC(=O)N1CCC(C(N)=NO)CC1. The molecule has 1 fully saturated rings. The van der Waals surface area contributed by atoms with E-state index in [0.29, 0.717) is 19.6 Å². The Balaban J connectivity index is 2.39. The van der Waals surface area contributed by atoms with Gasteiger partial charge in [0.15, 0.2) is 0 Å². The van der Waals surface area contributed by atoms with E-state index < -0.39 is 0 Å². The highest BCUT2D eigenvalue weighted by Gasteiger charge is 2.24. The molecule has 0 atom stereocenters. The van der Waals surface area contributed by atoms with Crippen LogP contribution in [0.5, 0.6) is 0 Å². The number of nitrogens with two attached hydrogens (primary N) is 1. The zero-order valence-corrected chi connectivity index (χ0v) is 8.94. The highest BCUT2D eigenvalue weighted by atomic mass is 16.4. The summed E-state index contributed by atoms with van der Waals surface area (Å²) in [5.41, 5.74) is 5.51. The minimum absolute atomic E-state index is 0.0320. The topological polar surface area (TPSA) is 91.0 Å². The zero-order chi connectivity index (χ0) is 11.3. The Morgan fingerprint density at radius 2 is 2.20 bits per heavy atom. The second-order valence-electron chi connectivity index (χ2n) is 3.62. The fourth-order valence-corrected chi connectivity index (χ4v) is 1.72. The van der Waals surface area contributed by atoms with Crippen LogP contribution in [0.15, 0.2) is 5.16 Å². The second-order valence-corrected chi connectivity index (χ2v) is 3.62. The summed E-state index contributed by atoms with van der Waals surface area (Å²) in [6.45, 7) is 3.85. The Labute approximate surface area is 89.1 Å². The third kappa shape index (κ3) is 3.00. The molecule has 1 aliphatic heterocycles. The van der Waals surface area contributed by atoms with E-state index in [1.807, 2.05) is 6.92 Å². The number of nitrogens with one attached hydrogen (secondary N) is 1. The third-order valence-corrected chi connectivity index (χ3v) is 2.64. The van der Waals surface area contributed by atoms with Gasteiger partial charge in [0.2, 0.25) is 0 Å². The predicted molar refractivity (Wildman–Crippen MR) is 56.8 cm³/mol. The van der Waals surface area contributed by atoms with Gasteiger partial charge in [-0.3, -0.25) is 0 Å². The van der Waals surface area contributed by atoms with Crippen molar-refractivity contribution in [3.05, 3.63) is 0 Å². The molecule has 0 unspecified atom stereocenters. The Hall–Kier alpha value is -1.46. The molecular weight excluding hydrogens is 196 g/mol. The minimum atomic E-state index is -0.0320. The van der Waals surface area contributed by atoms with E-state index >= 15 is 0 Å². The molecule has 1 saturated heterocycles. The lowest BCUT2D eigenvalue weighted by molar-refractivity contribution is 0.180. The van der Waals surface area contributed by atoms with Crippen molar-refractivity contribution in [3.63, 3.8) is 0 Å². The molecule has 4 N–H and O–H groups in total. The number of rotatable bonds is 2. The Bertz CT molecular complexity index is 246. The van der Waals surface area contributed by atoms with Crippen LogP contribution in [0.2, 0.25) is 0 Å². The number of carbonyl (C=O) groups is 1. The van der Waals surface area contributed by atoms with Crippen LogP contribution in [0.4, 0.5) is 4.79 Å². The maximum absolute atomic E-state index is 11.4. The summed E-state index contributed by atoms with van der Waals surface area (Å²) in [6, 6.07) is -0.0320. The average molecular weight is 214 g/mol. The molecule has 1 heterocycles. The van der Waals surface area contributed by atoms with Gasteiger partial charge in [-0.25, -0.2) is 4.79 Å². The lowest BCUT2D eigenvalue weighted by Gasteiger charge is -2.31. The van der Waals surface area contributed by atoms with Crippen LogP contribution in [0.3, 0.4) is 0 Å². The van der Waals surface area contributed by atoms with E-state index in [9.17, 15) is 4.79 Å². The van der Waals surface area contributed by atoms with Crippen molar-refractivity contribution in [2.75, 3.05) is 19.6 Å². The van der Waals surface area contributed by atoms with E-state index in [0.717, 1.165) is 12.8 Å². The Morgan fingerprint density at radius 1 is 1.60 bits per heavy atom. The first kappa shape index (κ1) is 11.6. The molecule has 0 spiro atoms. The lowest BCUT2D eigenvalue weighted by atomic mass is 9.96. The third-order valence-electron chi connectivity index (χ3n) is 2.64. The van der Waals surface area contributed by atoms with Gasteiger partial charge in [0.1, 0.15) is 5.84 Å². The predicted octanol–water partition coefficient (Wildman–Crippen LogP) is 0.174. The summed E-state index contributed by atoms with van der Waals surface area (Å²) in [5.74, 6) is 0.367. The molecule has 1 aliphatic rings. The second kappa shape index (κ2) is 5.43. The molecule has 86 valence electrons. The van der Waals surface area contributed by atoms with Gasteiger partial charge < -0.3 is 21.2 Å².